The zero-order valence-electron chi connectivity index (χ0n) is 13.8. The smallest absolute Gasteiger partial charge is 0.253 e. The van der Waals surface area contributed by atoms with E-state index in [1.54, 1.807) is 24.3 Å². The molecule has 0 aliphatic rings. The van der Waals surface area contributed by atoms with Gasteiger partial charge < -0.3 is 9.72 Å². The van der Waals surface area contributed by atoms with Crippen molar-refractivity contribution in [1.82, 2.24) is 19.7 Å². The first-order valence-electron chi connectivity index (χ1n) is 8.12. The largest absolute Gasteiger partial charge is 0.346 e. The molecule has 1 amide bonds. The predicted octanol–water partition coefficient (Wildman–Crippen LogP) is 3.47. The molecule has 0 radical (unpaired) electrons. The molecule has 0 aliphatic carbocycles. The molecule has 6 heteroatoms. The van der Waals surface area contributed by atoms with Crippen LogP contribution in [0.5, 0.6) is 0 Å². The van der Waals surface area contributed by atoms with Crippen LogP contribution in [0.25, 0.3) is 16.9 Å². The van der Waals surface area contributed by atoms with Gasteiger partial charge in [-0.3, -0.25) is 9.78 Å². The molecule has 5 nitrogen and oxygen atoms in total. The maximum atomic E-state index is 13.3. The fourth-order valence-electron chi connectivity index (χ4n) is 2.69. The summed E-state index contributed by atoms with van der Waals surface area (Å²) in [7, 11) is 0. The molecule has 0 bridgehead atoms. The van der Waals surface area contributed by atoms with E-state index < -0.39 is 0 Å². The number of amides is 1. The van der Waals surface area contributed by atoms with Crippen LogP contribution in [0.1, 0.15) is 16.1 Å². The molecule has 0 atom stereocenters. The summed E-state index contributed by atoms with van der Waals surface area (Å²) in [6.07, 6.45) is 5.27. The molecule has 0 unspecified atom stereocenters. The summed E-state index contributed by atoms with van der Waals surface area (Å²) in [6.45, 7) is 0.326. The summed E-state index contributed by atoms with van der Waals surface area (Å²) in [4.78, 5) is 21.0. The number of hydrogen-bond acceptors (Lipinski definition) is 3. The van der Waals surface area contributed by atoms with Gasteiger partial charge in [-0.1, -0.05) is 18.2 Å². The van der Waals surface area contributed by atoms with Crippen LogP contribution in [-0.4, -0.2) is 20.3 Å². The van der Waals surface area contributed by atoms with Crippen LogP contribution in [0.2, 0.25) is 0 Å². The number of nitrogens with zero attached hydrogens (tertiary/aromatic N) is 3. The number of carbonyl (C=O) groups excluding carboxylic acids is 1. The first-order valence-corrected chi connectivity index (χ1v) is 8.12. The lowest BCUT2D eigenvalue weighted by Gasteiger charge is -2.05. The molecule has 3 heterocycles. The van der Waals surface area contributed by atoms with Gasteiger partial charge in [0.1, 0.15) is 11.5 Å². The van der Waals surface area contributed by atoms with Gasteiger partial charge in [0.15, 0.2) is 0 Å². The lowest BCUT2D eigenvalue weighted by atomic mass is 10.1. The molecule has 0 saturated heterocycles. The summed E-state index contributed by atoms with van der Waals surface area (Å²) < 4.78 is 15.2. The number of nitrogens with one attached hydrogen (secondary N) is 1. The lowest BCUT2D eigenvalue weighted by molar-refractivity contribution is 0.0950. The van der Waals surface area contributed by atoms with Gasteiger partial charge in [0, 0.05) is 24.2 Å². The van der Waals surface area contributed by atoms with E-state index in [0.717, 1.165) is 11.3 Å². The Hall–Kier alpha value is -3.54. The molecule has 0 aliphatic heterocycles. The van der Waals surface area contributed by atoms with Gasteiger partial charge in [0.2, 0.25) is 0 Å². The van der Waals surface area contributed by atoms with Crippen molar-refractivity contribution in [3.05, 3.63) is 90.3 Å². The van der Waals surface area contributed by atoms with E-state index in [9.17, 15) is 9.18 Å². The van der Waals surface area contributed by atoms with Crippen molar-refractivity contribution in [2.75, 3.05) is 0 Å². The normalized spacial score (nSPS) is 10.8. The Morgan fingerprint density at radius 3 is 2.81 bits per heavy atom. The molecular formula is C20H15FN4O. The van der Waals surface area contributed by atoms with Gasteiger partial charge in [0.25, 0.3) is 5.91 Å². The second-order valence-electron chi connectivity index (χ2n) is 5.82. The van der Waals surface area contributed by atoms with Crippen LogP contribution < -0.4 is 5.32 Å². The van der Waals surface area contributed by atoms with Gasteiger partial charge in [-0.15, -0.1) is 0 Å². The molecule has 4 aromatic rings. The molecule has 0 saturated carbocycles. The van der Waals surface area contributed by atoms with Crippen LogP contribution in [0.15, 0.2) is 73.2 Å². The van der Waals surface area contributed by atoms with E-state index in [1.165, 1.54) is 18.3 Å². The van der Waals surface area contributed by atoms with Crippen molar-refractivity contribution in [3.63, 3.8) is 0 Å². The number of benzene rings is 1. The average Bonchev–Trinajstić information content (AvgIpc) is 3.09. The number of rotatable bonds is 4. The standard InChI is InChI=1S/C20H15FN4O/c21-16-5-3-4-14(10-16)18-8-7-15(11-22-18)20(26)23-12-17-13-25-9-2-1-6-19(25)24-17/h1-11,13H,12H2,(H,23,26). The lowest BCUT2D eigenvalue weighted by Crippen LogP contribution is -2.23. The number of imidazole rings is 1. The van der Waals surface area contributed by atoms with Crippen LogP contribution >= 0.6 is 0 Å². The van der Waals surface area contributed by atoms with Gasteiger partial charge in [-0.25, -0.2) is 9.37 Å². The highest BCUT2D eigenvalue weighted by Gasteiger charge is 2.09. The third-order valence-electron chi connectivity index (χ3n) is 3.99. The molecule has 4 rings (SSSR count). The minimum atomic E-state index is -0.321. The first-order chi connectivity index (χ1) is 12.7. The Morgan fingerprint density at radius 1 is 1.12 bits per heavy atom. The summed E-state index contributed by atoms with van der Waals surface area (Å²) in [5, 5.41) is 2.83. The Kier molecular flexibility index (Phi) is 4.15. The molecule has 26 heavy (non-hydrogen) atoms. The number of pyridine rings is 2. The summed E-state index contributed by atoms with van der Waals surface area (Å²) in [5.41, 5.74) is 3.32. The fourth-order valence-corrected chi connectivity index (χ4v) is 2.69. The highest BCUT2D eigenvalue weighted by molar-refractivity contribution is 5.94. The van der Waals surface area contributed by atoms with E-state index in [-0.39, 0.29) is 11.7 Å². The Morgan fingerprint density at radius 2 is 2.04 bits per heavy atom. The van der Waals surface area contributed by atoms with E-state index in [1.807, 2.05) is 35.0 Å². The van der Waals surface area contributed by atoms with E-state index in [0.29, 0.717) is 23.4 Å². The molecule has 1 N–H and O–H groups in total. The Labute approximate surface area is 149 Å². The van der Waals surface area contributed by atoms with Crippen molar-refractivity contribution in [1.29, 1.82) is 0 Å². The van der Waals surface area contributed by atoms with Crippen molar-refractivity contribution < 1.29 is 9.18 Å². The van der Waals surface area contributed by atoms with Crippen LogP contribution in [0.4, 0.5) is 4.39 Å². The molecular weight excluding hydrogens is 331 g/mol. The van der Waals surface area contributed by atoms with Crippen LogP contribution in [0, 0.1) is 5.82 Å². The Bertz CT molecular complexity index is 1040. The van der Waals surface area contributed by atoms with Crippen molar-refractivity contribution in [2.45, 2.75) is 6.54 Å². The van der Waals surface area contributed by atoms with Crippen molar-refractivity contribution >= 4 is 11.6 Å². The third kappa shape index (κ3) is 3.30. The zero-order chi connectivity index (χ0) is 17.9. The topological polar surface area (TPSA) is 59.3 Å². The zero-order valence-corrected chi connectivity index (χ0v) is 13.8. The van der Waals surface area contributed by atoms with Gasteiger partial charge in [-0.2, -0.15) is 0 Å². The predicted molar refractivity (Wildman–Crippen MR) is 96.0 cm³/mol. The number of halogens is 1. The highest BCUT2D eigenvalue weighted by Crippen LogP contribution is 2.18. The van der Waals surface area contributed by atoms with E-state index in [2.05, 4.69) is 15.3 Å². The molecule has 1 aromatic carbocycles. The maximum Gasteiger partial charge on any atom is 0.253 e. The quantitative estimate of drug-likeness (QED) is 0.616. The van der Waals surface area contributed by atoms with Crippen molar-refractivity contribution in [3.8, 4) is 11.3 Å². The first kappa shape index (κ1) is 16.0. The number of hydrogen-bond donors (Lipinski definition) is 1. The second-order valence-corrected chi connectivity index (χ2v) is 5.82. The van der Waals surface area contributed by atoms with Gasteiger partial charge in [0.05, 0.1) is 23.5 Å². The molecule has 3 aromatic heterocycles. The molecule has 0 fully saturated rings. The minimum absolute atomic E-state index is 0.236. The number of carbonyl (C=O) groups is 1. The Balaban J connectivity index is 1.44. The van der Waals surface area contributed by atoms with Crippen LogP contribution in [0.3, 0.4) is 0 Å². The van der Waals surface area contributed by atoms with Gasteiger partial charge in [-0.05, 0) is 36.4 Å². The third-order valence-corrected chi connectivity index (χ3v) is 3.99. The van der Waals surface area contributed by atoms with Crippen molar-refractivity contribution in [2.24, 2.45) is 0 Å². The second kappa shape index (κ2) is 6.76. The molecule has 0 spiro atoms. The van der Waals surface area contributed by atoms with E-state index >= 15 is 0 Å². The SMILES string of the molecule is O=C(NCc1cn2ccccc2n1)c1ccc(-c2cccc(F)c2)nc1. The maximum absolute atomic E-state index is 13.3. The van der Waals surface area contributed by atoms with Gasteiger partial charge >= 0.3 is 0 Å². The van der Waals surface area contributed by atoms with E-state index in [4.69, 9.17) is 0 Å². The number of fused-ring (bicyclic) bond motifs is 1. The monoisotopic (exact) mass is 346 g/mol. The summed E-state index contributed by atoms with van der Waals surface area (Å²) in [6, 6.07) is 15.3. The molecule has 128 valence electrons. The fraction of sp³-hybridized carbons (Fsp3) is 0.0500. The average molecular weight is 346 g/mol. The van der Waals surface area contributed by atoms with Crippen LogP contribution in [-0.2, 0) is 6.54 Å². The minimum Gasteiger partial charge on any atom is -0.346 e. The summed E-state index contributed by atoms with van der Waals surface area (Å²) >= 11 is 0. The number of aromatic nitrogens is 3. The highest BCUT2D eigenvalue weighted by atomic mass is 19.1. The summed E-state index contributed by atoms with van der Waals surface area (Å²) in [5.74, 6) is -0.557.